The number of benzene rings is 1. The highest BCUT2D eigenvalue weighted by molar-refractivity contribution is 6.36. The molecule has 0 saturated carbocycles. The van der Waals surface area contributed by atoms with Gasteiger partial charge in [-0.25, -0.2) is 4.98 Å². The summed E-state index contributed by atoms with van der Waals surface area (Å²) in [5, 5.41) is 20.5. The van der Waals surface area contributed by atoms with Crippen molar-refractivity contribution in [2.45, 2.75) is 32.9 Å². The standard InChI is InChI=1S/C21H25ClN8/c1-11-5-18(24-17-10-29(4)28-20(11)17)25-21-19-15(22)6-14(7-16(19)26-27-21)30-8-12(2)23-13(3)9-30/h5-7,10,12-13,23H,8-9H2,1-4H3,(H2,24,25,26,27)/t12-,13+. The average Bonchev–Trinajstić information content (AvgIpc) is 3.24. The predicted molar refractivity (Wildman–Crippen MR) is 122 cm³/mol. The van der Waals surface area contributed by atoms with Crippen LogP contribution >= 0.6 is 11.6 Å². The Bertz CT molecular complexity index is 1230. The Morgan fingerprint density at radius 1 is 1.17 bits per heavy atom. The van der Waals surface area contributed by atoms with E-state index in [2.05, 4.69) is 55.7 Å². The van der Waals surface area contributed by atoms with Crippen LogP contribution in [-0.2, 0) is 7.05 Å². The smallest absolute Gasteiger partial charge is 0.162 e. The molecule has 30 heavy (non-hydrogen) atoms. The number of hydrogen-bond donors (Lipinski definition) is 3. The lowest BCUT2D eigenvalue weighted by molar-refractivity contribution is 0.407. The lowest BCUT2D eigenvalue weighted by atomic mass is 10.1. The van der Waals surface area contributed by atoms with Crippen LogP contribution in [0, 0.1) is 6.92 Å². The largest absolute Gasteiger partial charge is 0.368 e. The first-order chi connectivity index (χ1) is 14.4. The van der Waals surface area contributed by atoms with Crippen molar-refractivity contribution < 1.29 is 0 Å². The van der Waals surface area contributed by atoms with E-state index < -0.39 is 0 Å². The number of H-pyrrole nitrogens is 1. The number of piperazine rings is 1. The Morgan fingerprint density at radius 2 is 1.93 bits per heavy atom. The number of aryl methyl sites for hydroxylation is 2. The molecule has 3 aromatic heterocycles. The molecular formula is C21H25ClN8. The molecule has 4 aromatic rings. The zero-order valence-electron chi connectivity index (χ0n) is 17.5. The fraction of sp³-hybridized carbons (Fsp3) is 0.381. The van der Waals surface area contributed by atoms with E-state index in [0.29, 0.717) is 28.7 Å². The van der Waals surface area contributed by atoms with Gasteiger partial charge in [-0.1, -0.05) is 11.6 Å². The number of pyridine rings is 1. The number of hydrogen-bond acceptors (Lipinski definition) is 6. The lowest BCUT2D eigenvalue weighted by Crippen LogP contribution is -2.54. The summed E-state index contributed by atoms with van der Waals surface area (Å²) in [4.78, 5) is 7.04. The molecule has 0 bridgehead atoms. The third-order valence-electron chi connectivity index (χ3n) is 5.55. The minimum atomic E-state index is 0.430. The lowest BCUT2D eigenvalue weighted by Gasteiger charge is -2.37. The summed E-state index contributed by atoms with van der Waals surface area (Å²) in [6.07, 6.45) is 1.91. The van der Waals surface area contributed by atoms with Crippen LogP contribution in [0.25, 0.3) is 21.9 Å². The van der Waals surface area contributed by atoms with Crippen molar-refractivity contribution in [1.82, 2.24) is 30.3 Å². The van der Waals surface area contributed by atoms with Gasteiger partial charge in [-0.3, -0.25) is 9.78 Å². The number of aromatic amines is 1. The normalized spacial score (nSPS) is 19.7. The van der Waals surface area contributed by atoms with E-state index in [9.17, 15) is 0 Å². The van der Waals surface area contributed by atoms with Crippen LogP contribution in [0.3, 0.4) is 0 Å². The first-order valence-electron chi connectivity index (χ1n) is 10.1. The van der Waals surface area contributed by atoms with E-state index in [0.717, 1.165) is 46.3 Å². The number of nitrogens with zero attached hydrogens (tertiary/aromatic N) is 5. The van der Waals surface area contributed by atoms with Crippen molar-refractivity contribution in [2.75, 3.05) is 23.3 Å². The topological polar surface area (TPSA) is 86.7 Å². The maximum absolute atomic E-state index is 6.72. The van der Waals surface area contributed by atoms with Gasteiger partial charge in [0.1, 0.15) is 16.9 Å². The van der Waals surface area contributed by atoms with Gasteiger partial charge in [0.05, 0.1) is 22.1 Å². The van der Waals surface area contributed by atoms with Crippen LogP contribution in [0.2, 0.25) is 5.02 Å². The highest BCUT2D eigenvalue weighted by atomic mass is 35.5. The first-order valence-corrected chi connectivity index (χ1v) is 10.5. The van der Waals surface area contributed by atoms with Gasteiger partial charge in [-0.05, 0) is 44.5 Å². The van der Waals surface area contributed by atoms with Crippen molar-refractivity contribution in [3.63, 3.8) is 0 Å². The Labute approximate surface area is 179 Å². The molecule has 1 saturated heterocycles. The molecule has 2 atom stereocenters. The van der Waals surface area contributed by atoms with Gasteiger partial charge in [0.25, 0.3) is 0 Å². The summed E-state index contributed by atoms with van der Waals surface area (Å²) in [6.45, 7) is 8.32. The molecule has 0 amide bonds. The molecule has 156 valence electrons. The molecule has 8 nitrogen and oxygen atoms in total. The van der Waals surface area contributed by atoms with Crippen LogP contribution < -0.4 is 15.5 Å². The first kappa shape index (κ1) is 19.1. The molecule has 1 aliphatic heterocycles. The minimum Gasteiger partial charge on any atom is -0.368 e. The van der Waals surface area contributed by atoms with Crippen LogP contribution in [0.4, 0.5) is 17.3 Å². The van der Waals surface area contributed by atoms with E-state index >= 15 is 0 Å². The quantitative estimate of drug-likeness (QED) is 0.464. The summed E-state index contributed by atoms with van der Waals surface area (Å²) >= 11 is 6.72. The van der Waals surface area contributed by atoms with Crippen LogP contribution in [-0.4, -0.2) is 50.1 Å². The molecule has 5 rings (SSSR count). The Balaban J connectivity index is 1.49. The second kappa shape index (κ2) is 7.14. The summed E-state index contributed by atoms with van der Waals surface area (Å²) in [5.74, 6) is 1.38. The monoisotopic (exact) mass is 424 g/mol. The fourth-order valence-electron chi connectivity index (χ4n) is 4.36. The second-order valence-corrected chi connectivity index (χ2v) is 8.69. The molecule has 1 fully saturated rings. The van der Waals surface area contributed by atoms with Gasteiger partial charge >= 0.3 is 0 Å². The number of halogens is 1. The summed E-state index contributed by atoms with van der Waals surface area (Å²) in [6, 6.07) is 6.98. The van der Waals surface area contributed by atoms with Gasteiger partial charge in [0.15, 0.2) is 5.82 Å². The Hall–Kier alpha value is -2.84. The molecule has 0 unspecified atom stereocenters. The highest BCUT2D eigenvalue weighted by Crippen LogP contribution is 2.35. The second-order valence-electron chi connectivity index (χ2n) is 8.28. The number of nitrogens with one attached hydrogen (secondary N) is 3. The summed E-state index contributed by atoms with van der Waals surface area (Å²) in [5.41, 5.74) is 4.80. The third-order valence-corrected chi connectivity index (χ3v) is 5.84. The Kier molecular flexibility index (Phi) is 4.56. The number of rotatable bonds is 3. The molecule has 4 heterocycles. The molecule has 9 heteroatoms. The third kappa shape index (κ3) is 3.36. The summed E-state index contributed by atoms with van der Waals surface area (Å²) < 4.78 is 1.77. The molecule has 1 aliphatic rings. The molecule has 0 radical (unpaired) electrons. The minimum absolute atomic E-state index is 0.430. The zero-order valence-corrected chi connectivity index (χ0v) is 18.2. The van der Waals surface area contributed by atoms with Crippen molar-refractivity contribution in [1.29, 1.82) is 0 Å². The van der Waals surface area contributed by atoms with Gasteiger partial charge < -0.3 is 15.5 Å². The highest BCUT2D eigenvalue weighted by Gasteiger charge is 2.23. The molecule has 1 aromatic carbocycles. The van der Waals surface area contributed by atoms with Gasteiger partial charge in [0.2, 0.25) is 0 Å². The van der Waals surface area contributed by atoms with E-state index in [1.165, 1.54) is 0 Å². The molecule has 3 N–H and O–H groups in total. The fourth-order valence-corrected chi connectivity index (χ4v) is 4.67. The SMILES string of the molecule is Cc1cc(Nc2n[nH]c3cc(N4C[C@@H](C)N[C@@H](C)C4)cc(Cl)c23)nc2cn(C)nc12. The van der Waals surface area contributed by atoms with Crippen LogP contribution in [0.1, 0.15) is 19.4 Å². The predicted octanol–water partition coefficient (Wildman–Crippen LogP) is 3.74. The van der Waals surface area contributed by atoms with Crippen molar-refractivity contribution >= 4 is 50.9 Å². The molecule has 0 spiro atoms. The van der Waals surface area contributed by atoms with E-state index in [1.807, 2.05) is 32.3 Å². The van der Waals surface area contributed by atoms with Crippen molar-refractivity contribution in [3.05, 3.63) is 35.0 Å². The summed E-state index contributed by atoms with van der Waals surface area (Å²) in [7, 11) is 1.90. The van der Waals surface area contributed by atoms with Crippen LogP contribution in [0.15, 0.2) is 24.4 Å². The van der Waals surface area contributed by atoms with E-state index in [-0.39, 0.29) is 0 Å². The van der Waals surface area contributed by atoms with Gasteiger partial charge in [-0.2, -0.15) is 10.2 Å². The van der Waals surface area contributed by atoms with Gasteiger partial charge in [0, 0.05) is 37.9 Å². The van der Waals surface area contributed by atoms with Crippen molar-refractivity contribution in [2.24, 2.45) is 7.05 Å². The molecular weight excluding hydrogens is 400 g/mol. The van der Waals surface area contributed by atoms with E-state index in [4.69, 9.17) is 11.6 Å². The molecule has 0 aliphatic carbocycles. The maximum atomic E-state index is 6.72. The zero-order chi connectivity index (χ0) is 21.0. The Morgan fingerprint density at radius 3 is 2.70 bits per heavy atom. The number of anilines is 3. The maximum Gasteiger partial charge on any atom is 0.162 e. The number of aromatic nitrogens is 5. The van der Waals surface area contributed by atoms with Crippen molar-refractivity contribution in [3.8, 4) is 0 Å². The van der Waals surface area contributed by atoms with E-state index in [1.54, 1.807) is 4.68 Å². The average molecular weight is 425 g/mol. The van der Waals surface area contributed by atoms with Gasteiger partial charge in [-0.15, -0.1) is 0 Å². The van der Waals surface area contributed by atoms with Crippen LogP contribution in [0.5, 0.6) is 0 Å². The number of fused-ring (bicyclic) bond motifs is 2.